The smallest absolute Gasteiger partial charge is 0.341 e. The predicted molar refractivity (Wildman–Crippen MR) is 97.9 cm³/mol. The zero-order valence-electron chi connectivity index (χ0n) is 16.2. The van der Waals surface area contributed by atoms with Gasteiger partial charge >= 0.3 is 11.9 Å². The number of carbonyl (C=O) groups excluding carboxylic acids is 3. The van der Waals surface area contributed by atoms with Crippen molar-refractivity contribution in [2.75, 3.05) is 14.2 Å². The molecule has 0 bridgehead atoms. The molecule has 0 spiro atoms. The molecule has 1 unspecified atom stereocenters. The molecule has 7 heteroatoms. The van der Waals surface area contributed by atoms with Crippen LogP contribution in [0.25, 0.3) is 0 Å². The molecule has 0 fully saturated rings. The summed E-state index contributed by atoms with van der Waals surface area (Å²) in [7, 11) is 2.88. The quantitative estimate of drug-likeness (QED) is 0.315. The number of cyclic esters (lactones) is 1. The van der Waals surface area contributed by atoms with Gasteiger partial charge in [0, 0.05) is 11.1 Å². The van der Waals surface area contributed by atoms with Crippen molar-refractivity contribution in [3.05, 3.63) is 33.9 Å². The third kappa shape index (κ3) is 4.09. The number of ether oxygens (including phenoxy) is 3. The summed E-state index contributed by atoms with van der Waals surface area (Å²) >= 11 is 0. The lowest BCUT2D eigenvalue weighted by Crippen LogP contribution is -2.08. The number of allylic oxidation sites excluding steroid dienone is 2. The molecule has 2 rings (SSSR count). The normalized spacial score (nSPS) is 14.1. The summed E-state index contributed by atoms with van der Waals surface area (Å²) in [4.78, 5) is 38.4. The van der Waals surface area contributed by atoms with Crippen molar-refractivity contribution in [3.63, 3.8) is 0 Å². The standard InChI is InChI=1S/C20H23NO6/c1-11(12(2)8-16(23)25-4)6-7-14-18(21-10-22)17-15(9-27-20(17)24)13(3)19(14)26-5/h6,12H,7-9H2,1-5H3. The van der Waals surface area contributed by atoms with Crippen LogP contribution < -0.4 is 4.74 Å². The van der Waals surface area contributed by atoms with Gasteiger partial charge in [-0.15, -0.1) is 0 Å². The zero-order chi connectivity index (χ0) is 20.1. The van der Waals surface area contributed by atoms with Gasteiger partial charge in [0.25, 0.3) is 0 Å². The highest BCUT2D eigenvalue weighted by Gasteiger charge is 2.32. The number of aliphatic imine (C=N–C) groups is 1. The molecule has 0 saturated carbocycles. The molecule has 1 aliphatic heterocycles. The van der Waals surface area contributed by atoms with Gasteiger partial charge in [-0.2, -0.15) is 4.99 Å². The van der Waals surface area contributed by atoms with Crippen molar-refractivity contribution in [1.82, 2.24) is 0 Å². The number of hydrogen-bond acceptors (Lipinski definition) is 7. The van der Waals surface area contributed by atoms with E-state index in [2.05, 4.69) is 4.99 Å². The van der Waals surface area contributed by atoms with Gasteiger partial charge in [0.05, 0.1) is 31.9 Å². The number of nitrogens with zero attached hydrogens (tertiary/aromatic N) is 1. The fourth-order valence-corrected chi connectivity index (χ4v) is 3.16. The Morgan fingerprint density at radius 1 is 1.41 bits per heavy atom. The second-order valence-electron chi connectivity index (χ2n) is 6.45. The van der Waals surface area contributed by atoms with E-state index >= 15 is 0 Å². The van der Waals surface area contributed by atoms with Gasteiger partial charge in [-0.25, -0.2) is 9.59 Å². The number of methoxy groups -OCH3 is 2. The van der Waals surface area contributed by atoms with Crippen LogP contribution in [0.1, 0.15) is 47.3 Å². The first kappa shape index (κ1) is 20.4. The van der Waals surface area contributed by atoms with Gasteiger partial charge < -0.3 is 14.2 Å². The van der Waals surface area contributed by atoms with E-state index in [4.69, 9.17) is 14.2 Å². The first-order chi connectivity index (χ1) is 12.8. The minimum absolute atomic E-state index is 0.0121. The molecule has 0 amide bonds. The summed E-state index contributed by atoms with van der Waals surface area (Å²) in [6.45, 7) is 5.81. The summed E-state index contributed by atoms with van der Waals surface area (Å²) < 4.78 is 15.4. The van der Waals surface area contributed by atoms with Crippen LogP contribution in [-0.2, 0) is 32.1 Å². The second-order valence-corrected chi connectivity index (χ2v) is 6.45. The highest BCUT2D eigenvalue weighted by molar-refractivity contribution is 6.01. The van der Waals surface area contributed by atoms with Crippen LogP contribution in [0.3, 0.4) is 0 Å². The van der Waals surface area contributed by atoms with Crippen LogP contribution in [0, 0.1) is 12.8 Å². The van der Waals surface area contributed by atoms with Crippen molar-refractivity contribution < 1.29 is 28.6 Å². The maximum Gasteiger partial charge on any atom is 0.341 e. The molecule has 0 radical (unpaired) electrons. The Kier molecular flexibility index (Phi) is 6.53. The molecule has 1 atom stereocenters. The summed E-state index contributed by atoms with van der Waals surface area (Å²) in [5.74, 6) is -0.242. The summed E-state index contributed by atoms with van der Waals surface area (Å²) in [6.07, 6.45) is 4.10. The SMILES string of the molecule is COC(=O)CC(C)C(C)=CCc1c(N=C=O)c2c(c(C)c1OC)COC2=O. The Hall–Kier alpha value is -2.92. The first-order valence-corrected chi connectivity index (χ1v) is 8.56. The number of carbonyl (C=O) groups is 2. The third-order valence-corrected chi connectivity index (χ3v) is 4.91. The lowest BCUT2D eigenvalue weighted by molar-refractivity contribution is -0.141. The Labute approximate surface area is 158 Å². The zero-order valence-corrected chi connectivity index (χ0v) is 16.2. The molecular weight excluding hydrogens is 350 g/mol. The van der Waals surface area contributed by atoms with Crippen molar-refractivity contribution in [3.8, 4) is 5.75 Å². The van der Waals surface area contributed by atoms with Gasteiger partial charge in [-0.1, -0.05) is 18.6 Å². The van der Waals surface area contributed by atoms with Crippen LogP contribution in [0.5, 0.6) is 5.75 Å². The molecule has 1 aromatic carbocycles. The third-order valence-electron chi connectivity index (χ3n) is 4.91. The van der Waals surface area contributed by atoms with Crippen LogP contribution in [0.15, 0.2) is 16.6 Å². The van der Waals surface area contributed by atoms with Gasteiger partial charge in [0.15, 0.2) is 0 Å². The van der Waals surface area contributed by atoms with E-state index in [1.807, 2.05) is 26.8 Å². The molecule has 0 N–H and O–H groups in total. The number of isocyanates is 1. The Morgan fingerprint density at radius 3 is 2.70 bits per heavy atom. The fourth-order valence-electron chi connectivity index (χ4n) is 3.16. The first-order valence-electron chi connectivity index (χ1n) is 8.56. The number of hydrogen-bond donors (Lipinski definition) is 0. The van der Waals surface area contributed by atoms with Gasteiger partial charge in [-0.05, 0) is 31.7 Å². The highest BCUT2D eigenvalue weighted by Crippen LogP contribution is 2.42. The Bertz CT molecular complexity index is 849. The van der Waals surface area contributed by atoms with E-state index < -0.39 is 5.97 Å². The largest absolute Gasteiger partial charge is 0.496 e. The number of esters is 2. The topological polar surface area (TPSA) is 91.3 Å². The van der Waals surface area contributed by atoms with E-state index in [9.17, 15) is 14.4 Å². The number of benzene rings is 1. The van der Waals surface area contributed by atoms with Gasteiger partial charge in [0.2, 0.25) is 6.08 Å². The van der Waals surface area contributed by atoms with Gasteiger partial charge in [-0.3, -0.25) is 4.79 Å². The molecule has 144 valence electrons. The van der Waals surface area contributed by atoms with E-state index in [1.165, 1.54) is 20.3 Å². The van der Waals surface area contributed by atoms with Crippen molar-refractivity contribution in [1.29, 1.82) is 0 Å². The average molecular weight is 373 g/mol. The Balaban J connectivity index is 2.50. The molecular formula is C20H23NO6. The molecule has 1 aromatic rings. The lowest BCUT2D eigenvalue weighted by atomic mass is 9.92. The molecule has 1 heterocycles. The van der Waals surface area contributed by atoms with Crippen molar-refractivity contribution in [2.24, 2.45) is 10.9 Å². The minimum atomic E-state index is -0.509. The molecule has 1 aliphatic rings. The maximum atomic E-state index is 12.1. The average Bonchev–Trinajstić information content (AvgIpc) is 3.04. The monoisotopic (exact) mass is 373 g/mol. The minimum Gasteiger partial charge on any atom is -0.496 e. The fraction of sp³-hybridized carbons (Fsp3) is 0.450. The summed E-state index contributed by atoms with van der Waals surface area (Å²) in [5, 5.41) is 0. The van der Waals surface area contributed by atoms with Crippen LogP contribution in [0.4, 0.5) is 5.69 Å². The van der Waals surface area contributed by atoms with E-state index in [1.54, 1.807) is 0 Å². The Morgan fingerprint density at radius 2 is 2.11 bits per heavy atom. The van der Waals surface area contributed by atoms with Crippen LogP contribution >= 0.6 is 0 Å². The molecule has 0 aliphatic carbocycles. The second kappa shape index (κ2) is 8.64. The number of rotatable bonds is 7. The predicted octanol–water partition coefficient (Wildman–Crippen LogP) is 3.33. The van der Waals surface area contributed by atoms with Crippen molar-refractivity contribution in [2.45, 2.75) is 40.2 Å². The van der Waals surface area contributed by atoms with Crippen LogP contribution in [0.2, 0.25) is 0 Å². The van der Waals surface area contributed by atoms with E-state index in [0.717, 1.165) is 11.1 Å². The molecule has 27 heavy (non-hydrogen) atoms. The van der Waals surface area contributed by atoms with Crippen LogP contribution in [-0.4, -0.2) is 32.2 Å². The molecule has 0 aromatic heterocycles. The summed E-state index contributed by atoms with van der Waals surface area (Å²) in [6, 6.07) is 0. The van der Waals surface area contributed by atoms with Gasteiger partial charge in [0.1, 0.15) is 12.4 Å². The number of fused-ring (bicyclic) bond motifs is 1. The maximum absolute atomic E-state index is 12.1. The molecule has 0 saturated heterocycles. The molecule has 7 nitrogen and oxygen atoms in total. The van der Waals surface area contributed by atoms with Crippen molar-refractivity contribution >= 4 is 23.7 Å². The summed E-state index contributed by atoms with van der Waals surface area (Å²) in [5.41, 5.74) is 3.57. The highest BCUT2D eigenvalue weighted by atomic mass is 16.5. The van der Waals surface area contributed by atoms with E-state index in [-0.39, 0.29) is 30.6 Å². The van der Waals surface area contributed by atoms with E-state index in [0.29, 0.717) is 28.9 Å². The lowest BCUT2D eigenvalue weighted by Gasteiger charge is -2.17.